The molecule has 0 atom stereocenters. The van der Waals surface area contributed by atoms with Gasteiger partial charge in [-0.1, -0.05) is 32.4 Å². The molecule has 7 N–H and O–H groups in total. The number of hydrogen-bond donors (Lipinski definition) is 4. The van der Waals surface area contributed by atoms with Gasteiger partial charge in [-0.15, -0.1) is 0 Å². The highest BCUT2D eigenvalue weighted by Gasteiger charge is 2.26. The minimum absolute atomic E-state index is 0. The Morgan fingerprint density at radius 2 is 1.27 bits per heavy atom. The van der Waals surface area contributed by atoms with Crippen LogP contribution in [0.5, 0.6) is 0 Å². The standard InChI is InChI=1S/C14H15NO2.C13H15N3O.CH4.H4N2/c1-9-6-12(10-4-3-5-10)13(14(16)17-2)7-11(9)8-15;1-8-5-11(9-3-2-4-9)12(13(17)16-15)6-10(8)7-14;;1-2/h6-7,10H,3-5H2,1-2H3;5-6,9H,2-4,15H2,1H3,(H,16,17);1H4;1-2H2. The first-order valence-corrected chi connectivity index (χ1v) is 11.9. The third kappa shape index (κ3) is 7.14. The van der Waals surface area contributed by atoms with E-state index >= 15 is 0 Å². The molecule has 37 heavy (non-hydrogen) atoms. The van der Waals surface area contributed by atoms with E-state index in [0.717, 1.165) is 47.9 Å². The maximum absolute atomic E-state index is 11.7. The third-order valence-corrected chi connectivity index (χ3v) is 6.90. The van der Waals surface area contributed by atoms with E-state index in [1.807, 2.05) is 26.0 Å². The first kappa shape index (κ1) is 31.3. The van der Waals surface area contributed by atoms with E-state index in [0.29, 0.717) is 34.1 Å². The second kappa shape index (κ2) is 14.7. The first-order chi connectivity index (χ1) is 17.3. The van der Waals surface area contributed by atoms with Gasteiger partial charge in [-0.05, 0) is 85.8 Å². The molecule has 198 valence electrons. The molecule has 0 heterocycles. The molecule has 0 unspecified atom stereocenters. The molecule has 2 aliphatic carbocycles. The van der Waals surface area contributed by atoms with Crippen molar-refractivity contribution in [2.24, 2.45) is 17.5 Å². The molecule has 2 fully saturated rings. The molecule has 9 heteroatoms. The first-order valence-electron chi connectivity index (χ1n) is 11.9. The zero-order valence-electron chi connectivity index (χ0n) is 21.1. The van der Waals surface area contributed by atoms with Crippen molar-refractivity contribution in [3.8, 4) is 12.1 Å². The van der Waals surface area contributed by atoms with Crippen LogP contribution >= 0.6 is 0 Å². The van der Waals surface area contributed by atoms with Crippen molar-refractivity contribution in [1.82, 2.24) is 5.43 Å². The fraction of sp³-hybridized carbons (Fsp3) is 0.429. The van der Waals surface area contributed by atoms with Crippen molar-refractivity contribution >= 4 is 11.9 Å². The minimum atomic E-state index is -0.344. The van der Waals surface area contributed by atoms with Crippen LogP contribution in [0.1, 0.15) is 112 Å². The number of ether oxygens (including phenoxy) is 1. The Hall–Kier alpha value is -3.76. The fourth-order valence-electron chi connectivity index (χ4n) is 4.38. The number of rotatable bonds is 4. The number of esters is 1. The Balaban J connectivity index is 0.000000338. The van der Waals surface area contributed by atoms with E-state index in [1.165, 1.54) is 20.0 Å². The molecular weight excluding hydrogens is 468 g/mol. The summed E-state index contributed by atoms with van der Waals surface area (Å²) in [5, 5.41) is 18.0. The molecule has 0 saturated heterocycles. The number of nitrogens with two attached hydrogens (primary N) is 3. The summed E-state index contributed by atoms with van der Waals surface area (Å²) in [6.45, 7) is 3.80. The fourth-order valence-corrected chi connectivity index (χ4v) is 4.38. The van der Waals surface area contributed by atoms with E-state index < -0.39 is 0 Å². The zero-order valence-corrected chi connectivity index (χ0v) is 21.1. The summed E-state index contributed by atoms with van der Waals surface area (Å²) >= 11 is 0. The highest BCUT2D eigenvalue weighted by molar-refractivity contribution is 5.96. The molecule has 2 aromatic rings. The van der Waals surface area contributed by atoms with Gasteiger partial charge in [-0.25, -0.2) is 10.6 Å². The Bertz CT molecular complexity index is 1090. The Morgan fingerprint density at radius 3 is 1.59 bits per heavy atom. The second-order valence-corrected chi connectivity index (χ2v) is 8.95. The average Bonchev–Trinajstić information content (AvgIpc) is 2.83. The third-order valence-electron chi connectivity index (χ3n) is 6.90. The van der Waals surface area contributed by atoms with Gasteiger partial charge in [-0.3, -0.25) is 21.9 Å². The second-order valence-electron chi connectivity index (χ2n) is 8.95. The van der Waals surface area contributed by atoms with Crippen LogP contribution in [0.4, 0.5) is 0 Å². The molecular formula is C28H38N6O3. The number of carbonyl (C=O) groups excluding carboxylic acids is 2. The lowest BCUT2D eigenvalue weighted by Crippen LogP contribution is -2.31. The molecule has 9 nitrogen and oxygen atoms in total. The number of carbonyl (C=O) groups is 2. The maximum Gasteiger partial charge on any atom is 0.338 e. The highest BCUT2D eigenvalue weighted by Crippen LogP contribution is 2.40. The van der Waals surface area contributed by atoms with Gasteiger partial charge in [0.1, 0.15) is 0 Å². The van der Waals surface area contributed by atoms with Crippen LogP contribution in [0.3, 0.4) is 0 Å². The van der Waals surface area contributed by atoms with Crippen LogP contribution in [0.25, 0.3) is 0 Å². The number of nitrogens with one attached hydrogen (secondary N) is 1. The topological polar surface area (TPSA) is 181 Å². The summed E-state index contributed by atoms with van der Waals surface area (Å²) < 4.78 is 4.79. The van der Waals surface area contributed by atoms with Gasteiger partial charge in [0.25, 0.3) is 5.91 Å². The zero-order chi connectivity index (χ0) is 26.8. The van der Waals surface area contributed by atoms with Crippen molar-refractivity contribution in [3.05, 3.63) is 68.8 Å². The number of aryl methyl sites for hydroxylation is 2. The lowest BCUT2D eigenvalue weighted by molar-refractivity contribution is 0.0598. The molecule has 2 saturated carbocycles. The van der Waals surface area contributed by atoms with Crippen LogP contribution in [-0.2, 0) is 4.74 Å². The monoisotopic (exact) mass is 506 g/mol. The van der Waals surface area contributed by atoms with E-state index in [9.17, 15) is 9.59 Å². The van der Waals surface area contributed by atoms with Crippen molar-refractivity contribution in [2.45, 2.75) is 71.6 Å². The summed E-state index contributed by atoms with van der Waals surface area (Å²) in [6.07, 6.45) is 6.87. The SMILES string of the molecule is C.COC(=O)c1cc(C#N)c(C)cc1C1CCC1.Cc1cc(C2CCC2)c(C(=O)NN)cc1C#N.NN. The highest BCUT2D eigenvalue weighted by atomic mass is 16.5. The Kier molecular flexibility index (Phi) is 12.4. The predicted molar refractivity (Wildman–Crippen MR) is 143 cm³/mol. The van der Waals surface area contributed by atoms with Gasteiger partial charge in [-0.2, -0.15) is 10.5 Å². The van der Waals surface area contributed by atoms with Crippen LogP contribution in [0.15, 0.2) is 24.3 Å². The van der Waals surface area contributed by atoms with Gasteiger partial charge in [0.15, 0.2) is 0 Å². The van der Waals surface area contributed by atoms with E-state index in [1.54, 1.807) is 12.1 Å². The van der Waals surface area contributed by atoms with Crippen molar-refractivity contribution in [1.29, 1.82) is 10.5 Å². The summed E-state index contributed by atoms with van der Waals surface area (Å²) in [4.78, 5) is 23.4. The molecule has 2 aliphatic rings. The number of nitrogens with zero attached hydrogens (tertiary/aromatic N) is 2. The number of nitriles is 2. The van der Waals surface area contributed by atoms with Crippen molar-refractivity contribution < 1.29 is 14.3 Å². The molecule has 0 radical (unpaired) electrons. The number of amides is 1. The van der Waals surface area contributed by atoms with Crippen molar-refractivity contribution in [2.75, 3.05) is 7.11 Å². The van der Waals surface area contributed by atoms with Crippen LogP contribution in [0, 0.1) is 36.5 Å². The van der Waals surface area contributed by atoms with Crippen LogP contribution < -0.4 is 23.0 Å². The predicted octanol–water partition coefficient (Wildman–Crippen LogP) is 4.11. The maximum atomic E-state index is 11.7. The van der Waals surface area contributed by atoms with Crippen LogP contribution in [-0.4, -0.2) is 19.0 Å². The summed E-state index contributed by atoms with van der Waals surface area (Å²) in [5.41, 5.74) is 8.24. The summed E-state index contributed by atoms with van der Waals surface area (Å²) in [6, 6.07) is 11.4. The lowest BCUT2D eigenvalue weighted by Gasteiger charge is -2.28. The molecule has 4 rings (SSSR count). The van der Waals surface area contributed by atoms with Gasteiger partial charge in [0.05, 0.1) is 35.9 Å². The van der Waals surface area contributed by atoms with E-state index in [2.05, 4.69) is 29.2 Å². The summed E-state index contributed by atoms with van der Waals surface area (Å²) in [5.74, 6) is 13.4. The van der Waals surface area contributed by atoms with Gasteiger partial charge >= 0.3 is 5.97 Å². The quantitative estimate of drug-likeness (QED) is 0.207. The van der Waals surface area contributed by atoms with Crippen LogP contribution in [0.2, 0.25) is 0 Å². The van der Waals surface area contributed by atoms with Gasteiger partial charge in [0, 0.05) is 5.56 Å². The van der Waals surface area contributed by atoms with E-state index in [-0.39, 0.29) is 19.3 Å². The summed E-state index contributed by atoms with van der Waals surface area (Å²) in [7, 11) is 1.37. The number of hydrazine groups is 2. The smallest absolute Gasteiger partial charge is 0.338 e. The Labute approximate surface area is 219 Å². The minimum Gasteiger partial charge on any atom is -0.465 e. The number of hydrogen-bond acceptors (Lipinski definition) is 8. The molecule has 0 spiro atoms. The van der Waals surface area contributed by atoms with Crippen molar-refractivity contribution in [3.63, 3.8) is 0 Å². The van der Waals surface area contributed by atoms with E-state index in [4.69, 9.17) is 21.1 Å². The van der Waals surface area contributed by atoms with Gasteiger partial charge in [0.2, 0.25) is 0 Å². The number of methoxy groups -OCH3 is 1. The normalized spacial score (nSPS) is 13.8. The largest absolute Gasteiger partial charge is 0.465 e. The number of nitrogen functional groups attached to an aromatic ring is 1. The average molecular weight is 507 g/mol. The molecule has 2 aromatic carbocycles. The van der Waals surface area contributed by atoms with Gasteiger partial charge < -0.3 is 4.74 Å². The lowest BCUT2D eigenvalue weighted by atomic mass is 9.77. The molecule has 0 aliphatic heterocycles. The molecule has 1 amide bonds. The molecule has 0 bridgehead atoms. The molecule has 0 aromatic heterocycles. The number of benzene rings is 2. The Morgan fingerprint density at radius 1 is 0.865 bits per heavy atom.